The molecule has 1 aliphatic rings. The Labute approximate surface area is 191 Å². The first-order valence-corrected chi connectivity index (χ1v) is 10.7. The molecule has 2 amide bonds. The molecule has 0 aliphatic carbocycles. The minimum absolute atomic E-state index is 0.134. The van der Waals surface area contributed by atoms with E-state index in [9.17, 15) is 9.59 Å². The number of likely N-dealkylation sites (tertiary alicyclic amines) is 1. The number of halogens is 1. The Morgan fingerprint density at radius 3 is 2.69 bits per heavy atom. The van der Waals surface area contributed by atoms with E-state index in [1.165, 1.54) is 19.3 Å². The van der Waals surface area contributed by atoms with Crippen LogP contribution in [0.3, 0.4) is 0 Å². The van der Waals surface area contributed by atoms with Gasteiger partial charge in [0, 0.05) is 44.0 Å². The van der Waals surface area contributed by atoms with Crippen molar-refractivity contribution >= 4 is 29.2 Å². The van der Waals surface area contributed by atoms with E-state index in [0.29, 0.717) is 5.92 Å². The van der Waals surface area contributed by atoms with E-state index in [1.54, 1.807) is 18.0 Å². The summed E-state index contributed by atoms with van der Waals surface area (Å²) in [6.45, 7) is 3.08. The first-order valence-electron chi connectivity index (χ1n) is 10.3. The molecule has 0 radical (unpaired) electrons. The van der Waals surface area contributed by atoms with E-state index in [2.05, 4.69) is 26.8 Å². The van der Waals surface area contributed by atoms with Crippen molar-refractivity contribution in [2.45, 2.75) is 38.2 Å². The third-order valence-corrected chi connectivity index (χ3v) is 5.56. The average Bonchev–Trinajstić information content (AvgIpc) is 2.81. The number of aromatic nitrogens is 2. The second-order valence-corrected chi connectivity index (χ2v) is 7.96. The number of pyridine rings is 2. The van der Waals surface area contributed by atoms with Gasteiger partial charge in [-0.3, -0.25) is 14.6 Å². The van der Waals surface area contributed by atoms with Gasteiger partial charge in [-0.2, -0.15) is 5.26 Å². The van der Waals surface area contributed by atoms with Crippen LogP contribution in [0.2, 0.25) is 5.02 Å². The summed E-state index contributed by atoms with van der Waals surface area (Å²) in [5.74, 6) is 0.294. The number of carbonyl (C=O) groups is 2. The maximum atomic E-state index is 12.5. The Bertz CT molecular complexity index is 1000. The summed E-state index contributed by atoms with van der Waals surface area (Å²) in [6.07, 6.45) is 6.42. The van der Waals surface area contributed by atoms with E-state index in [4.69, 9.17) is 21.6 Å². The number of hydrogen-bond acceptors (Lipinski definition) is 7. The van der Waals surface area contributed by atoms with Gasteiger partial charge < -0.3 is 20.3 Å². The predicted molar refractivity (Wildman–Crippen MR) is 119 cm³/mol. The first kappa shape index (κ1) is 23.3. The third-order valence-electron chi connectivity index (χ3n) is 5.27. The fourth-order valence-electron chi connectivity index (χ4n) is 3.46. The van der Waals surface area contributed by atoms with Crippen LogP contribution in [0, 0.1) is 11.5 Å². The molecule has 3 rings (SSSR count). The number of amides is 2. The van der Waals surface area contributed by atoms with E-state index in [1.807, 2.05) is 12.1 Å². The number of nitrogens with zero attached hydrogens (tertiary/aromatic N) is 4. The van der Waals surface area contributed by atoms with Gasteiger partial charge in [0.15, 0.2) is 12.3 Å². The number of carbonyl (C=O) groups excluding carboxylic acids is 2. The number of rotatable bonds is 7. The van der Waals surface area contributed by atoms with Crippen molar-refractivity contribution < 1.29 is 14.3 Å². The number of likely N-dealkylation sites (N-methyl/N-ethyl adjacent to an activating group) is 1. The average molecular weight is 457 g/mol. The van der Waals surface area contributed by atoms with Crippen LogP contribution >= 0.6 is 11.6 Å². The molecule has 1 saturated heterocycles. The van der Waals surface area contributed by atoms with Gasteiger partial charge in [-0.1, -0.05) is 17.7 Å². The lowest BCUT2D eigenvalue weighted by molar-refractivity contribution is -0.126. The lowest BCUT2D eigenvalue weighted by atomic mass is 9.93. The van der Waals surface area contributed by atoms with Crippen LogP contribution in [0.5, 0.6) is 5.75 Å². The van der Waals surface area contributed by atoms with Gasteiger partial charge in [-0.05, 0) is 31.4 Å². The Hall–Kier alpha value is -3.38. The summed E-state index contributed by atoms with van der Waals surface area (Å²) >= 11 is 6.09. The summed E-state index contributed by atoms with van der Waals surface area (Å²) in [5.41, 5.74) is 1.76. The molecule has 0 saturated carbocycles. The van der Waals surface area contributed by atoms with E-state index in [-0.39, 0.29) is 34.8 Å². The number of ether oxygens (including phenoxy) is 1. The Morgan fingerprint density at radius 2 is 2.06 bits per heavy atom. The van der Waals surface area contributed by atoms with Gasteiger partial charge in [0.25, 0.3) is 5.91 Å². The summed E-state index contributed by atoms with van der Waals surface area (Å²) < 4.78 is 5.56. The molecule has 0 bridgehead atoms. The van der Waals surface area contributed by atoms with Crippen molar-refractivity contribution in [1.82, 2.24) is 20.2 Å². The fraction of sp³-hybridized carbons (Fsp3) is 0.409. The van der Waals surface area contributed by atoms with E-state index >= 15 is 0 Å². The van der Waals surface area contributed by atoms with Crippen LogP contribution in [-0.4, -0.2) is 52.9 Å². The van der Waals surface area contributed by atoms with Crippen LogP contribution in [-0.2, 0) is 16.0 Å². The maximum Gasteiger partial charge on any atom is 0.260 e. The smallest absolute Gasteiger partial charge is 0.260 e. The highest BCUT2D eigenvalue weighted by atomic mass is 35.5. The highest BCUT2D eigenvalue weighted by Gasteiger charge is 2.21. The van der Waals surface area contributed by atoms with Crippen LogP contribution in [0.1, 0.15) is 36.9 Å². The molecule has 10 heteroatoms. The Kier molecular flexibility index (Phi) is 7.84. The SMILES string of the molecule is CNC(=O)C(C)Oc1cc(NC(=O)Cc2ccc(C3CCN(C#N)CC3)nc2)ncc1Cl. The Morgan fingerprint density at radius 1 is 1.31 bits per heavy atom. The molecule has 9 nitrogen and oxygen atoms in total. The van der Waals surface area contributed by atoms with Crippen molar-refractivity contribution in [3.63, 3.8) is 0 Å². The molecule has 32 heavy (non-hydrogen) atoms. The van der Waals surface area contributed by atoms with Gasteiger partial charge in [0.1, 0.15) is 16.6 Å². The van der Waals surface area contributed by atoms with Gasteiger partial charge in [0.2, 0.25) is 5.91 Å². The quantitative estimate of drug-likeness (QED) is 0.614. The molecule has 0 spiro atoms. The molecule has 2 N–H and O–H groups in total. The molecule has 0 aromatic carbocycles. The van der Waals surface area contributed by atoms with Gasteiger partial charge in [-0.15, -0.1) is 0 Å². The van der Waals surface area contributed by atoms with Crippen LogP contribution < -0.4 is 15.4 Å². The number of nitrogens with one attached hydrogen (secondary N) is 2. The number of anilines is 1. The van der Waals surface area contributed by atoms with Crippen LogP contribution in [0.15, 0.2) is 30.6 Å². The second kappa shape index (κ2) is 10.8. The molecule has 3 heterocycles. The highest BCUT2D eigenvalue weighted by molar-refractivity contribution is 6.32. The zero-order valence-corrected chi connectivity index (χ0v) is 18.7. The predicted octanol–water partition coefficient (Wildman–Crippen LogP) is 2.48. The summed E-state index contributed by atoms with van der Waals surface area (Å²) in [4.78, 5) is 34.5. The van der Waals surface area contributed by atoms with Crippen LogP contribution in [0.25, 0.3) is 0 Å². The second-order valence-electron chi connectivity index (χ2n) is 7.55. The minimum atomic E-state index is -0.750. The fourth-order valence-corrected chi connectivity index (χ4v) is 3.60. The highest BCUT2D eigenvalue weighted by Crippen LogP contribution is 2.28. The summed E-state index contributed by atoms with van der Waals surface area (Å²) in [6, 6.07) is 5.32. The van der Waals surface area contributed by atoms with Crippen molar-refractivity contribution in [3.8, 4) is 11.9 Å². The van der Waals surface area contributed by atoms with Crippen molar-refractivity contribution in [3.05, 3.63) is 46.9 Å². The van der Waals surface area contributed by atoms with Crippen LogP contribution in [0.4, 0.5) is 5.82 Å². The molecular weight excluding hydrogens is 432 g/mol. The summed E-state index contributed by atoms with van der Waals surface area (Å²) in [5, 5.41) is 14.4. The molecule has 1 aliphatic heterocycles. The molecule has 1 atom stereocenters. The first-order chi connectivity index (χ1) is 15.4. The van der Waals surface area contributed by atoms with Crippen molar-refractivity contribution in [2.75, 3.05) is 25.5 Å². The number of nitriles is 1. The van der Waals surface area contributed by atoms with Gasteiger partial charge in [-0.25, -0.2) is 4.98 Å². The minimum Gasteiger partial charge on any atom is -0.479 e. The summed E-state index contributed by atoms with van der Waals surface area (Å²) in [7, 11) is 1.51. The maximum absolute atomic E-state index is 12.5. The Balaban J connectivity index is 1.57. The topological polar surface area (TPSA) is 120 Å². The molecule has 1 fully saturated rings. The molecule has 1 unspecified atom stereocenters. The lowest BCUT2D eigenvalue weighted by Gasteiger charge is -2.27. The number of hydrogen-bond donors (Lipinski definition) is 2. The largest absolute Gasteiger partial charge is 0.479 e. The van der Waals surface area contributed by atoms with Crippen molar-refractivity contribution in [1.29, 1.82) is 5.26 Å². The monoisotopic (exact) mass is 456 g/mol. The van der Waals surface area contributed by atoms with E-state index < -0.39 is 6.10 Å². The molecular formula is C22H25ClN6O3. The normalized spacial score (nSPS) is 14.9. The zero-order valence-electron chi connectivity index (χ0n) is 18.0. The third kappa shape index (κ3) is 6.08. The van der Waals surface area contributed by atoms with Gasteiger partial charge >= 0.3 is 0 Å². The molecule has 2 aromatic rings. The molecule has 2 aromatic heterocycles. The zero-order chi connectivity index (χ0) is 23.1. The van der Waals surface area contributed by atoms with Gasteiger partial charge in [0.05, 0.1) is 12.6 Å². The standard InChI is InChI=1S/C22H25ClN6O3/c1-14(22(31)25-2)32-19-10-20(27-12-17(19)23)28-21(30)9-15-3-4-18(26-11-15)16-5-7-29(13-24)8-6-16/h3-4,10-12,14,16H,5-9H2,1-2H3,(H,25,31)(H,27,28,30). The van der Waals surface area contributed by atoms with Crippen molar-refractivity contribution in [2.24, 2.45) is 0 Å². The molecule has 168 valence electrons. The lowest BCUT2D eigenvalue weighted by Crippen LogP contribution is -2.33. The van der Waals surface area contributed by atoms with E-state index in [0.717, 1.165) is 37.2 Å². The number of piperidine rings is 1.